The summed E-state index contributed by atoms with van der Waals surface area (Å²) in [5.74, 6) is -1.22. The molecule has 19 heavy (non-hydrogen) atoms. The summed E-state index contributed by atoms with van der Waals surface area (Å²) in [5.41, 5.74) is 0.838. The highest BCUT2D eigenvalue weighted by atomic mass is 19.2. The molecule has 0 radical (unpaired) electrons. The van der Waals surface area contributed by atoms with Crippen LogP contribution in [0.15, 0.2) is 30.6 Å². The van der Waals surface area contributed by atoms with Crippen LogP contribution in [0.2, 0.25) is 0 Å². The topological polar surface area (TPSA) is 27.1 Å². The lowest BCUT2D eigenvalue weighted by Crippen LogP contribution is -2.10. The standard InChI is InChI=1S/C14H14F2N2O/c15-13-3-1-2-12(14(13)16)11-6-17-18(8-11)7-10-4-5-19-9-10/h1-3,6,8,10H,4-5,7,9H2. The Bertz CT molecular complexity index is 577. The molecule has 2 aromatic rings. The highest BCUT2D eigenvalue weighted by Crippen LogP contribution is 2.24. The van der Waals surface area contributed by atoms with Gasteiger partial charge in [0.2, 0.25) is 0 Å². The van der Waals surface area contributed by atoms with Crippen LogP contribution in [0.5, 0.6) is 0 Å². The van der Waals surface area contributed by atoms with Crippen LogP contribution in [-0.4, -0.2) is 23.0 Å². The maximum Gasteiger partial charge on any atom is 0.166 e. The van der Waals surface area contributed by atoms with Crippen LogP contribution in [0.3, 0.4) is 0 Å². The van der Waals surface area contributed by atoms with Crippen molar-refractivity contribution in [3.63, 3.8) is 0 Å². The van der Waals surface area contributed by atoms with Crippen LogP contribution in [0, 0.1) is 17.6 Å². The molecule has 0 amide bonds. The van der Waals surface area contributed by atoms with Gasteiger partial charge in [-0.25, -0.2) is 8.78 Å². The van der Waals surface area contributed by atoms with E-state index in [4.69, 9.17) is 4.74 Å². The highest BCUT2D eigenvalue weighted by Gasteiger charge is 2.17. The lowest BCUT2D eigenvalue weighted by atomic mass is 10.1. The summed E-state index contributed by atoms with van der Waals surface area (Å²) in [7, 11) is 0. The van der Waals surface area contributed by atoms with Gasteiger partial charge >= 0.3 is 0 Å². The maximum absolute atomic E-state index is 13.7. The Labute approximate surface area is 109 Å². The molecule has 0 spiro atoms. The Morgan fingerprint density at radius 1 is 1.37 bits per heavy atom. The largest absolute Gasteiger partial charge is 0.381 e. The van der Waals surface area contributed by atoms with E-state index in [0.29, 0.717) is 11.5 Å². The third-order valence-corrected chi connectivity index (χ3v) is 3.37. The molecule has 2 heterocycles. The van der Waals surface area contributed by atoms with E-state index in [9.17, 15) is 8.78 Å². The number of halogens is 2. The average Bonchev–Trinajstić information content (AvgIpc) is 3.05. The van der Waals surface area contributed by atoms with E-state index in [-0.39, 0.29) is 5.56 Å². The maximum atomic E-state index is 13.7. The van der Waals surface area contributed by atoms with Crippen molar-refractivity contribution in [2.45, 2.75) is 13.0 Å². The monoisotopic (exact) mass is 264 g/mol. The molecule has 0 saturated carbocycles. The van der Waals surface area contributed by atoms with Gasteiger partial charge in [-0.1, -0.05) is 12.1 Å². The lowest BCUT2D eigenvalue weighted by Gasteiger charge is -2.06. The molecule has 3 rings (SSSR count). The fourth-order valence-corrected chi connectivity index (χ4v) is 2.32. The van der Waals surface area contributed by atoms with Crippen molar-refractivity contribution in [1.82, 2.24) is 9.78 Å². The normalized spacial score (nSPS) is 18.9. The first-order valence-electron chi connectivity index (χ1n) is 6.28. The van der Waals surface area contributed by atoms with Crippen LogP contribution < -0.4 is 0 Å². The summed E-state index contributed by atoms with van der Waals surface area (Å²) in [6, 6.07) is 4.16. The third-order valence-electron chi connectivity index (χ3n) is 3.37. The zero-order valence-electron chi connectivity index (χ0n) is 10.4. The van der Waals surface area contributed by atoms with Crippen molar-refractivity contribution in [2.24, 2.45) is 5.92 Å². The highest BCUT2D eigenvalue weighted by molar-refractivity contribution is 5.62. The van der Waals surface area contributed by atoms with Gasteiger partial charge in [-0.2, -0.15) is 5.10 Å². The van der Waals surface area contributed by atoms with Gasteiger partial charge in [0.05, 0.1) is 12.8 Å². The Morgan fingerprint density at radius 3 is 3.05 bits per heavy atom. The fraction of sp³-hybridized carbons (Fsp3) is 0.357. The molecule has 1 unspecified atom stereocenters. The van der Waals surface area contributed by atoms with Gasteiger partial charge < -0.3 is 4.74 Å². The summed E-state index contributed by atoms with van der Waals surface area (Å²) in [6.07, 6.45) is 4.33. The quantitative estimate of drug-likeness (QED) is 0.852. The molecule has 3 nitrogen and oxygen atoms in total. The number of ether oxygens (including phenoxy) is 1. The Kier molecular flexibility index (Phi) is 3.29. The van der Waals surface area contributed by atoms with Crippen LogP contribution in [0.4, 0.5) is 8.78 Å². The van der Waals surface area contributed by atoms with E-state index < -0.39 is 11.6 Å². The molecule has 1 aromatic heterocycles. The van der Waals surface area contributed by atoms with Crippen LogP contribution in [0.25, 0.3) is 11.1 Å². The molecule has 1 aromatic carbocycles. The third kappa shape index (κ3) is 2.51. The second-order valence-corrected chi connectivity index (χ2v) is 4.78. The molecular weight excluding hydrogens is 250 g/mol. The molecular formula is C14H14F2N2O. The Morgan fingerprint density at radius 2 is 2.26 bits per heavy atom. The first kappa shape index (κ1) is 12.3. The number of hydrogen-bond donors (Lipinski definition) is 0. The van der Waals surface area contributed by atoms with Gasteiger partial charge in [0, 0.05) is 36.4 Å². The van der Waals surface area contributed by atoms with Crippen molar-refractivity contribution < 1.29 is 13.5 Å². The number of nitrogens with zero attached hydrogens (tertiary/aromatic N) is 2. The number of aromatic nitrogens is 2. The molecule has 100 valence electrons. The minimum absolute atomic E-state index is 0.244. The summed E-state index contributed by atoms with van der Waals surface area (Å²) in [6.45, 7) is 2.28. The number of hydrogen-bond acceptors (Lipinski definition) is 2. The summed E-state index contributed by atoms with van der Waals surface area (Å²) < 4.78 is 33.9. The van der Waals surface area contributed by atoms with Crippen molar-refractivity contribution >= 4 is 0 Å². The smallest absolute Gasteiger partial charge is 0.166 e. The molecule has 1 aliphatic rings. The van der Waals surface area contributed by atoms with Gasteiger partial charge in [0.1, 0.15) is 0 Å². The molecule has 1 atom stereocenters. The first-order valence-corrected chi connectivity index (χ1v) is 6.28. The second kappa shape index (κ2) is 5.09. The minimum Gasteiger partial charge on any atom is -0.381 e. The van der Waals surface area contributed by atoms with Crippen LogP contribution in [-0.2, 0) is 11.3 Å². The molecule has 1 aliphatic heterocycles. The molecule has 1 fully saturated rings. The van der Waals surface area contributed by atoms with E-state index in [1.807, 2.05) is 0 Å². The molecule has 0 bridgehead atoms. The zero-order chi connectivity index (χ0) is 13.2. The summed E-state index contributed by atoms with van der Waals surface area (Å²) in [5, 5.41) is 4.20. The summed E-state index contributed by atoms with van der Waals surface area (Å²) in [4.78, 5) is 0. The van der Waals surface area contributed by atoms with Crippen LogP contribution in [0.1, 0.15) is 6.42 Å². The minimum atomic E-state index is -0.838. The van der Waals surface area contributed by atoms with Crippen molar-refractivity contribution in [3.8, 4) is 11.1 Å². The van der Waals surface area contributed by atoms with Gasteiger partial charge in [0.25, 0.3) is 0 Å². The SMILES string of the molecule is Fc1cccc(-c2cnn(CC3CCOC3)c2)c1F. The van der Waals surface area contributed by atoms with Crippen molar-refractivity contribution in [3.05, 3.63) is 42.2 Å². The van der Waals surface area contributed by atoms with Gasteiger partial charge in [-0.3, -0.25) is 4.68 Å². The Hall–Kier alpha value is -1.75. The molecule has 5 heteroatoms. The Balaban J connectivity index is 1.82. The molecule has 0 aliphatic carbocycles. The zero-order valence-corrected chi connectivity index (χ0v) is 10.4. The first-order chi connectivity index (χ1) is 9.24. The summed E-state index contributed by atoms with van der Waals surface area (Å²) >= 11 is 0. The van der Waals surface area contributed by atoms with Crippen molar-refractivity contribution in [1.29, 1.82) is 0 Å². The molecule has 1 saturated heterocycles. The van der Waals surface area contributed by atoms with E-state index in [1.165, 1.54) is 6.07 Å². The van der Waals surface area contributed by atoms with Crippen molar-refractivity contribution in [2.75, 3.05) is 13.2 Å². The predicted octanol–water partition coefficient (Wildman–Crippen LogP) is 2.86. The van der Waals surface area contributed by atoms with Gasteiger partial charge in [-0.15, -0.1) is 0 Å². The molecule has 0 N–H and O–H groups in total. The van der Waals surface area contributed by atoms with E-state index in [1.54, 1.807) is 23.1 Å². The number of rotatable bonds is 3. The van der Waals surface area contributed by atoms with Crippen LogP contribution >= 0.6 is 0 Å². The second-order valence-electron chi connectivity index (χ2n) is 4.78. The fourth-order valence-electron chi connectivity index (χ4n) is 2.32. The van der Waals surface area contributed by atoms with E-state index in [2.05, 4.69) is 5.10 Å². The van der Waals surface area contributed by atoms with E-state index in [0.717, 1.165) is 32.2 Å². The van der Waals surface area contributed by atoms with Gasteiger partial charge in [-0.05, 0) is 12.5 Å². The number of benzene rings is 1. The average molecular weight is 264 g/mol. The predicted molar refractivity (Wildman–Crippen MR) is 66.5 cm³/mol. The van der Waals surface area contributed by atoms with Gasteiger partial charge in [0.15, 0.2) is 11.6 Å². The lowest BCUT2D eigenvalue weighted by molar-refractivity contribution is 0.181. The van der Waals surface area contributed by atoms with E-state index >= 15 is 0 Å².